The predicted octanol–water partition coefficient (Wildman–Crippen LogP) is 4.84. The minimum absolute atomic E-state index is 0.688. The first-order valence-corrected chi connectivity index (χ1v) is 7.52. The SMILES string of the molecule is CC1CC(C)CC(Sc2cc(N)ccc2Cl)C1. The van der Waals surface area contributed by atoms with Gasteiger partial charge in [-0.15, -0.1) is 11.8 Å². The lowest BCUT2D eigenvalue weighted by Crippen LogP contribution is -2.21. The number of anilines is 1. The molecule has 1 aliphatic carbocycles. The Balaban J connectivity index is 2.07. The molecule has 0 heterocycles. The van der Waals surface area contributed by atoms with Crippen LogP contribution in [0.2, 0.25) is 5.02 Å². The number of benzene rings is 1. The summed E-state index contributed by atoms with van der Waals surface area (Å²) in [6.07, 6.45) is 3.95. The molecule has 0 aromatic heterocycles. The molecular weight excluding hydrogens is 250 g/mol. The molecule has 0 radical (unpaired) electrons. The highest BCUT2D eigenvalue weighted by molar-refractivity contribution is 8.00. The first-order valence-electron chi connectivity index (χ1n) is 6.26. The highest BCUT2D eigenvalue weighted by Gasteiger charge is 2.25. The molecule has 0 spiro atoms. The van der Waals surface area contributed by atoms with Crippen LogP contribution in [0.15, 0.2) is 23.1 Å². The first-order chi connectivity index (χ1) is 8.04. The Morgan fingerprint density at radius 3 is 2.47 bits per heavy atom. The van der Waals surface area contributed by atoms with E-state index in [4.69, 9.17) is 17.3 Å². The van der Waals surface area contributed by atoms with E-state index in [1.807, 2.05) is 30.0 Å². The second kappa shape index (κ2) is 5.53. The Morgan fingerprint density at radius 1 is 1.18 bits per heavy atom. The zero-order valence-corrected chi connectivity index (χ0v) is 12.0. The van der Waals surface area contributed by atoms with Crippen LogP contribution in [-0.2, 0) is 0 Å². The van der Waals surface area contributed by atoms with Crippen molar-refractivity contribution in [1.82, 2.24) is 0 Å². The second-order valence-corrected chi connectivity index (χ2v) is 7.10. The molecule has 0 bridgehead atoms. The molecule has 2 atom stereocenters. The number of nitrogens with two attached hydrogens (primary N) is 1. The van der Waals surface area contributed by atoms with E-state index in [1.54, 1.807) is 0 Å². The van der Waals surface area contributed by atoms with E-state index in [2.05, 4.69) is 13.8 Å². The first kappa shape index (κ1) is 13.1. The molecule has 1 aliphatic rings. The third-order valence-corrected chi connectivity index (χ3v) is 5.14. The molecule has 0 amide bonds. The minimum Gasteiger partial charge on any atom is -0.399 e. The molecule has 0 aliphatic heterocycles. The zero-order chi connectivity index (χ0) is 12.4. The van der Waals surface area contributed by atoms with Crippen molar-refractivity contribution in [2.45, 2.75) is 43.3 Å². The number of hydrogen-bond donors (Lipinski definition) is 1. The van der Waals surface area contributed by atoms with Crippen molar-refractivity contribution in [1.29, 1.82) is 0 Å². The number of rotatable bonds is 2. The predicted molar refractivity (Wildman–Crippen MR) is 77.7 cm³/mol. The fraction of sp³-hybridized carbons (Fsp3) is 0.571. The second-order valence-electron chi connectivity index (χ2n) is 5.35. The number of hydrogen-bond acceptors (Lipinski definition) is 2. The summed E-state index contributed by atoms with van der Waals surface area (Å²) < 4.78 is 0. The van der Waals surface area contributed by atoms with Gasteiger partial charge in [0.05, 0.1) is 5.02 Å². The van der Waals surface area contributed by atoms with Crippen LogP contribution in [0.4, 0.5) is 5.69 Å². The maximum absolute atomic E-state index is 6.21. The van der Waals surface area contributed by atoms with E-state index in [0.717, 1.165) is 27.4 Å². The molecule has 2 rings (SSSR count). The smallest absolute Gasteiger partial charge is 0.0543 e. The van der Waals surface area contributed by atoms with Crippen molar-refractivity contribution >= 4 is 29.1 Å². The van der Waals surface area contributed by atoms with E-state index in [-0.39, 0.29) is 0 Å². The molecule has 17 heavy (non-hydrogen) atoms. The van der Waals surface area contributed by atoms with Crippen LogP contribution in [-0.4, -0.2) is 5.25 Å². The van der Waals surface area contributed by atoms with E-state index in [0.29, 0.717) is 5.25 Å². The molecule has 1 saturated carbocycles. The van der Waals surface area contributed by atoms with Gasteiger partial charge in [0.15, 0.2) is 0 Å². The fourth-order valence-electron chi connectivity index (χ4n) is 2.76. The van der Waals surface area contributed by atoms with Crippen LogP contribution in [0.25, 0.3) is 0 Å². The normalized spacial score (nSPS) is 29.2. The van der Waals surface area contributed by atoms with Crippen molar-refractivity contribution in [3.63, 3.8) is 0 Å². The Hall–Kier alpha value is -0.340. The van der Waals surface area contributed by atoms with Crippen molar-refractivity contribution in [3.05, 3.63) is 23.2 Å². The standard InChI is InChI=1S/C14H20ClNS/c1-9-5-10(2)7-12(6-9)17-14-8-11(16)3-4-13(14)15/h3-4,8-10,12H,5-7,16H2,1-2H3. The van der Waals surface area contributed by atoms with Crippen LogP contribution in [0, 0.1) is 11.8 Å². The largest absolute Gasteiger partial charge is 0.399 e. The topological polar surface area (TPSA) is 26.0 Å². The Morgan fingerprint density at radius 2 is 1.82 bits per heavy atom. The van der Waals surface area contributed by atoms with Crippen LogP contribution in [0.3, 0.4) is 0 Å². The number of halogens is 1. The maximum atomic E-state index is 6.21. The molecule has 1 aromatic rings. The fourth-order valence-corrected chi connectivity index (χ4v) is 4.60. The van der Waals surface area contributed by atoms with Crippen molar-refractivity contribution in [3.8, 4) is 0 Å². The highest BCUT2D eigenvalue weighted by atomic mass is 35.5. The lowest BCUT2D eigenvalue weighted by Gasteiger charge is -2.31. The molecule has 2 unspecified atom stereocenters. The molecule has 94 valence electrons. The van der Waals surface area contributed by atoms with Gasteiger partial charge in [-0.25, -0.2) is 0 Å². The van der Waals surface area contributed by atoms with Gasteiger partial charge < -0.3 is 5.73 Å². The van der Waals surface area contributed by atoms with E-state index < -0.39 is 0 Å². The van der Waals surface area contributed by atoms with Gasteiger partial charge in [0.25, 0.3) is 0 Å². The summed E-state index contributed by atoms with van der Waals surface area (Å²) >= 11 is 8.11. The summed E-state index contributed by atoms with van der Waals surface area (Å²) in [5.41, 5.74) is 6.62. The summed E-state index contributed by atoms with van der Waals surface area (Å²) in [5.74, 6) is 1.66. The Labute approximate surface area is 113 Å². The van der Waals surface area contributed by atoms with Gasteiger partial charge in [-0.05, 0) is 49.3 Å². The monoisotopic (exact) mass is 269 g/mol. The van der Waals surface area contributed by atoms with E-state index in [9.17, 15) is 0 Å². The third-order valence-electron chi connectivity index (χ3n) is 3.38. The third kappa shape index (κ3) is 3.56. The highest BCUT2D eigenvalue weighted by Crippen LogP contribution is 2.41. The van der Waals surface area contributed by atoms with Crippen LogP contribution in [0.1, 0.15) is 33.1 Å². The van der Waals surface area contributed by atoms with Gasteiger partial charge in [-0.3, -0.25) is 0 Å². The van der Waals surface area contributed by atoms with Crippen molar-refractivity contribution < 1.29 is 0 Å². The summed E-state index contributed by atoms with van der Waals surface area (Å²) in [6.45, 7) is 4.70. The van der Waals surface area contributed by atoms with Crippen molar-refractivity contribution in [2.75, 3.05) is 5.73 Å². The molecule has 2 N–H and O–H groups in total. The molecule has 3 heteroatoms. The van der Waals surface area contributed by atoms with E-state index >= 15 is 0 Å². The summed E-state index contributed by atoms with van der Waals surface area (Å²) in [7, 11) is 0. The molecular formula is C14H20ClNS. The van der Waals surface area contributed by atoms with Gasteiger partial charge in [0.1, 0.15) is 0 Å². The van der Waals surface area contributed by atoms with Gasteiger partial charge >= 0.3 is 0 Å². The van der Waals surface area contributed by atoms with Crippen molar-refractivity contribution in [2.24, 2.45) is 11.8 Å². The average Bonchev–Trinajstić information content (AvgIpc) is 2.22. The zero-order valence-electron chi connectivity index (χ0n) is 10.4. The van der Waals surface area contributed by atoms with E-state index in [1.165, 1.54) is 19.3 Å². The quantitative estimate of drug-likeness (QED) is 0.778. The van der Waals surface area contributed by atoms with Gasteiger partial charge in [-0.2, -0.15) is 0 Å². The Kier molecular flexibility index (Phi) is 4.26. The molecule has 1 nitrogen and oxygen atoms in total. The lowest BCUT2D eigenvalue weighted by molar-refractivity contribution is 0.309. The lowest BCUT2D eigenvalue weighted by atomic mass is 9.83. The summed E-state index contributed by atoms with van der Waals surface area (Å²) in [6, 6.07) is 5.75. The number of thioether (sulfide) groups is 1. The molecule has 0 saturated heterocycles. The van der Waals surface area contributed by atoms with Crippen LogP contribution in [0.5, 0.6) is 0 Å². The minimum atomic E-state index is 0.688. The summed E-state index contributed by atoms with van der Waals surface area (Å²) in [4.78, 5) is 1.14. The maximum Gasteiger partial charge on any atom is 0.0543 e. The van der Waals surface area contributed by atoms with Crippen LogP contribution < -0.4 is 5.73 Å². The summed E-state index contributed by atoms with van der Waals surface area (Å²) in [5, 5.41) is 1.52. The Bertz CT molecular complexity index is 384. The molecule has 1 fully saturated rings. The van der Waals surface area contributed by atoms with Gasteiger partial charge in [-0.1, -0.05) is 25.4 Å². The van der Waals surface area contributed by atoms with Gasteiger partial charge in [0, 0.05) is 15.8 Å². The number of nitrogen functional groups attached to an aromatic ring is 1. The average molecular weight is 270 g/mol. The molecule has 1 aromatic carbocycles. The van der Waals surface area contributed by atoms with Gasteiger partial charge in [0.2, 0.25) is 0 Å². The van der Waals surface area contributed by atoms with Crippen LogP contribution >= 0.6 is 23.4 Å².